The molecule has 2 N–H and O–H groups in total. The van der Waals surface area contributed by atoms with Gasteiger partial charge in [-0.1, -0.05) is 18.2 Å². The topological polar surface area (TPSA) is 92.7 Å². The Bertz CT molecular complexity index is 1120. The highest BCUT2D eigenvalue weighted by Gasteiger charge is 2.26. The van der Waals surface area contributed by atoms with Crippen molar-refractivity contribution in [2.45, 2.75) is 24.8 Å². The van der Waals surface area contributed by atoms with Gasteiger partial charge >= 0.3 is 0 Å². The predicted molar refractivity (Wildman–Crippen MR) is 103 cm³/mol. The summed E-state index contributed by atoms with van der Waals surface area (Å²) in [7, 11) is -3.85. The molecule has 0 amide bonds. The minimum absolute atomic E-state index is 0.0452. The fourth-order valence-electron chi connectivity index (χ4n) is 2.60. The lowest BCUT2D eigenvalue weighted by atomic mass is 10.3. The van der Waals surface area contributed by atoms with Gasteiger partial charge in [0.1, 0.15) is 10.6 Å². The molecule has 0 aliphatic carbocycles. The Morgan fingerprint density at radius 2 is 2.00 bits per heavy atom. The molecule has 0 fully saturated rings. The van der Waals surface area contributed by atoms with Crippen molar-refractivity contribution in [3.8, 4) is 10.6 Å². The Kier molecular flexibility index (Phi) is 4.04. The number of anilines is 1. The number of H-pyrrole nitrogens is 1. The maximum atomic E-state index is 13.0. The number of rotatable bonds is 5. The number of fused-ring (bicyclic) bond motifs is 1. The Labute approximate surface area is 154 Å². The van der Waals surface area contributed by atoms with Crippen molar-refractivity contribution in [1.82, 2.24) is 19.7 Å². The van der Waals surface area contributed by atoms with E-state index in [1.807, 2.05) is 55.6 Å². The van der Waals surface area contributed by atoms with Crippen LogP contribution in [-0.2, 0) is 10.0 Å². The summed E-state index contributed by atoms with van der Waals surface area (Å²) in [5, 5.41) is 6.38. The molecular formula is C17H17N5O2S2. The third-order valence-corrected chi connectivity index (χ3v) is 6.11. The van der Waals surface area contributed by atoms with Gasteiger partial charge in [0, 0.05) is 12.2 Å². The van der Waals surface area contributed by atoms with E-state index in [1.165, 1.54) is 11.3 Å². The number of thiophene rings is 1. The van der Waals surface area contributed by atoms with E-state index >= 15 is 0 Å². The van der Waals surface area contributed by atoms with Gasteiger partial charge < -0.3 is 4.98 Å². The van der Waals surface area contributed by atoms with Crippen LogP contribution in [0.1, 0.15) is 19.9 Å². The second kappa shape index (κ2) is 6.26. The van der Waals surface area contributed by atoms with Gasteiger partial charge in [0.25, 0.3) is 10.0 Å². The van der Waals surface area contributed by atoms with Gasteiger partial charge in [-0.3, -0.25) is 4.68 Å². The molecule has 0 atom stereocenters. The standard InChI is InChI=1S/C17H17N5O2S2/c1-11(2)22-10-15(16(20-22)14-8-5-9-25-14)26(23,24)21-17-18-12-6-3-4-7-13(12)19-17/h3-11H,1-2H3,(H2,18,19,21). The summed E-state index contributed by atoms with van der Waals surface area (Å²) < 4.78 is 30.2. The summed E-state index contributed by atoms with van der Waals surface area (Å²) in [6, 6.07) is 11.1. The smallest absolute Gasteiger partial charge is 0.267 e. The minimum Gasteiger partial charge on any atom is -0.323 e. The summed E-state index contributed by atoms with van der Waals surface area (Å²) in [6.07, 6.45) is 1.56. The van der Waals surface area contributed by atoms with E-state index in [-0.39, 0.29) is 16.9 Å². The summed E-state index contributed by atoms with van der Waals surface area (Å²) in [6.45, 7) is 3.91. The quantitative estimate of drug-likeness (QED) is 0.544. The van der Waals surface area contributed by atoms with Gasteiger partial charge in [0.2, 0.25) is 5.95 Å². The largest absolute Gasteiger partial charge is 0.323 e. The van der Waals surface area contributed by atoms with Crippen LogP contribution in [0.3, 0.4) is 0 Å². The number of sulfonamides is 1. The first-order valence-corrected chi connectivity index (χ1v) is 10.4. The molecule has 3 aromatic heterocycles. The molecule has 4 rings (SSSR count). The van der Waals surface area contributed by atoms with Crippen molar-refractivity contribution in [2.75, 3.05) is 4.72 Å². The fraction of sp³-hybridized carbons (Fsp3) is 0.176. The van der Waals surface area contributed by atoms with Crippen molar-refractivity contribution in [3.05, 3.63) is 48.0 Å². The Hall–Kier alpha value is -2.65. The summed E-state index contributed by atoms with van der Waals surface area (Å²) in [5.74, 6) is 0.181. The van der Waals surface area contributed by atoms with Crippen LogP contribution < -0.4 is 4.72 Å². The van der Waals surface area contributed by atoms with Crippen molar-refractivity contribution < 1.29 is 8.42 Å². The SMILES string of the molecule is CC(C)n1cc(S(=O)(=O)Nc2nc3ccccc3[nH]2)c(-c2cccs2)n1. The van der Waals surface area contributed by atoms with Crippen molar-refractivity contribution in [2.24, 2.45) is 0 Å². The van der Waals surface area contributed by atoms with E-state index in [4.69, 9.17) is 0 Å². The number of hydrogen-bond acceptors (Lipinski definition) is 5. The molecule has 0 aliphatic rings. The lowest BCUT2D eigenvalue weighted by Crippen LogP contribution is -2.14. The average molecular weight is 387 g/mol. The molecule has 26 heavy (non-hydrogen) atoms. The van der Waals surface area contributed by atoms with E-state index < -0.39 is 10.0 Å². The average Bonchev–Trinajstić information content (AvgIpc) is 3.32. The van der Waals surface area contributed by atoms with E-state index in [0.29, 0.717) is 11.2 Å². The predicted octanol–water partition coefficient (Wildman–Crippen LogP) is 3.87. The third-order valence-electron chi connectivity index (χ3n) is 3.89. The van der Waals surface area contributed by atoms with Crippen LogP contribution in [0, 0.1) is 0 Å². The van der Waals surface area contributed by atoms with Crippen molar-refractivity contribution >= 4 is 38.3 Å². The molecule has 9 heteroatoms. The van der Waals surface area contributed by atoms with Crippen LogP contribution in [0.2, 0.25) is 0 Å². The molecule has 0 saturated carbocycles. The molecule has 0 bridgehead atoms. The number of aromatic amines is 1. The second-order valence-electron chi connectivity index (χ2n) is 6.10. The number of hydrogen-bond donors (Lipinski definition) is 2. The van der Waals surface area contributed by atoms with E-state index in [0.717, 1.165) is 10.4 Å². The number of nitrogens with one attached hydrogen (secondary N) is 2. The molecule has 0 spiro atoms. The number of para-hydroxylation sites is 2. The maximum Gasteiger partial charge on any atom is 0.267 e. The Morgan fingerprint density at radius 1 is 1.19 bits per heavy atom. The number of benzene rings is 1. The Balaban J connectivity index is 1.77. The zero-order chi connectivity index (χ0) is 18.3. The fourth-order valence-corrected chi connectivity index (χ4v) is 4.50. The highest BCUT2D eigenvalue weighted by Crippen LogP contribution is 2.31. The van der Waals surface area contributed by atoms with Gasteiger partial charge in [-0.05, 0) is 37.4 Å². The van der Waals surface area contributed by atoms with Crippen LogP contribution in [0.25, 0.3) is 21.6 Å². The number of imidazole rings is 1. The molecule has 0 radical (unpaired) electrons. The van der Waals surface area contributed by atoms with Gasteiger partial charge in [0.05, 0.1) is 15.9 Å². The van der Waals surface area contributed by atoms with E-state index in [1.54, 1.807) is 10.9 Å². The zero-order valence-corrected chi connectivity index (χ0v) is 15.8. The van der Waals surface area contributed by atoms with Gasteiger partial charge in [-0.2, -0.15) is 5.10 Å². The number of nitrogens with zero attached hydrogens (tertiary/aromatic N) is 3. The normalized spacial score (nSPS) is 12.1. The first kappa shape index (κ1) is 16.8. The summed E-state index contributed by atoms with van der Waals surface area (Å²) in [5.41, 5.74) is 1.90. The molecule has 1 aromatic carbocycles. The zero-order valence-electron chi connectivity index (χ0n) is 14.2. The van der Waals surface area contributed by atoms with E-state index in [9.17, 15) is 8.42 Å². The highest BCUT2D eigenvalue weighted by atomic mass is 32.2. The molecule has 0 saturated heterocycles. The van der Waals surface area contributed by atoms with Crippen LogP contribution in [0.5, 0.6) is 0 Å². The van der Waals surface area contributed by atoms with Gasteiger partial charge in [-0.15, -0.1) is 11.3 Å². The maximum absolute atomic E-state index is 13.0. The van der Waals surface area contributed by atoms with Crippen LogP contribution in [0.4, 0.5) is 5.95 Å². The molecule has 134 valence electrons. The number of aromatic nitrogens is 4. The van der Waals surface area contributed by atoms with Crippen molar-refractivity contribution in [1.29, 1.82) is 0 Å². The second-order valence-corrected chi connectivity index (χ2v) is 8.70. The lowest BCUT2D eigenvalue weighted by Gasteiger charge is -2.04. The molecule has 0 unspecified atom stereocenters. The van der Waals surface area contributed by atoms with Gasteiger partial charge in [-0.25, -0.2) is 18.1 Å². The first-order valence-electron chi connectivity index (χ1n) is 8.04. The monoisotopic (exact) mass is 387 g/mol. The van der Waals surface area contributed by atoms with Crippen LogP contribution >= 0.6 is 11.3 Å². The van der Waals surface area contributed by atoms with Crippen molar-refractivity contribution in [3.63, 3.8) is 0 Å². The minimum atomic E-state index is -3.85. The van der Waals surface area contributed by atoms with Gasteiger partial charge in [0.15, 0.2) is 0 Å². The van der Waals surface area contributed by atoms with Crippen LogP contribution in [-0.4, -0.2) is 28.2 Å². The molecular weight excluding hydrogens is 370 g/mol. The molecule has 0 aliphatic heterocycles. The summed E-state index contributed by atoms with van der Waals surface area (Å²) in [4.78, 5) is 8.20. The first-order chi connectivity index (χ1) is 12.4. The lowest BCUT2D eigenvalue weighted by molar-refractivity contribution is 0.532. The molecule has 7 nitrogen and oxygen atoms in total. The van der Waals surface area contributed by atoms with Crippen LogP contribution in [0.15, 0.2) is 52.9 Å². The molecule has 3 heterocycles. The Morgan fingerprint density at radius 3 is 2.69 bits per heavy atom. The highest BCUT2D eigenvalue weighted by molar-refractivity contribution is 7.92. The third kappa shape index (κ3) is 2.99. The summed E-state index contributed by atoms with van der Waals surface area (Å²) >= 11 is 1.45. The van der Waals surface area contributed by atoms with E-state index in [2.05, 4.69) is 19.8 Å². The molecule has 4 aromatic rings.